The molecule has 4 rings (SSSR count). The quantitative estimate of drug-likeness (QED) is 0.577. The molecule has 0 spiro atoms. The number of carbonyl (C=O) groups is 2. The molecule has 36 heavy (non-hydrogen) atoms. The standard InChI is InChI=1S/C28H40N6O2/c1-7-25(35)34(32-24-18-29-31-23-11-9-8-10-22(23)24)21-14-12-19(13-15-21)26(36)30-20-16-27(2,3)33(6)28(4,5)17-20/h12-15,18,20H,7-11,16-17H2,1-6H3,(H,30,36)(H,31,32). The highest BCUT2D eigenvalue weighted by atomic mass is 16.2. The fraction of sp³-hybridized carbons (Fsp3) is 0.571. The van der Waals surface area contributed by atoms with Crippen LogP contribution in [-0.4, -0.2) is 51.1 Å². The molecule has 2 aromatic rings. The summed E-state index contributed by atoms with van der Waals surface area (Å²) in [6, 6.07) is 7.31. The number of aromatic nitrogens is 2. The van der Waals surface area contributed by atoms with E-state index in [1.54, 1.807) is 23.3 Å². The van der Waals surface area contributed by atoms with E-state index in [2.05, 4.69) is 60.6 Å². The van der Waals surface area contributed by atoms with Crippen molar-refractivity contribution in [2.24, 2.45) is 0 Å². The smallest absolute Gasteiger partial charge is 0.251 e. The normalized spacial score (nSPS) is 19.3. The molecule has 2 amide bonds. The summed E-state index contributed by atoms with van der Waals surface area (Å²) in [4.78, 5) is 28.4. The van der Waals surface area contributed by atoms with E-state index in [4.69, 9.17) is 0 Å². The first kappa shape index (κ1) is 26.1. The van der Waals surface area contributed by atoms with Gasteiger partial charge >= 0.3 is 0 Å². The van der Waals surface area contributed by atoms with Gasteiger partial charge in [-0.25, -0.2) is 5.01 Å². The lowest BCUT2D eigenvalue weighted by molar-refractivity contribution is -0.118. The number of nitrogens with one attached hydrogen (secondary N) is 2. The second-order valence-electron chi connectivity index (χ2n) is 11.4. The zero-order valence-corrected chi connectivity index (χ0v) is 22.5. The first-order chi connectivity index (χ1) is 17.0. The first-order valence-corrected chi connectivity index (χ1v) is 13.1. The van der Waals surface area contributed by atoms with Crippen LogP contribution in [0.1, 0.15) is 88.3 Å². The fourth-order valence-corrected chi connectivity index (χ4v) is 5.67. The number of nitrogens with zero attached hydrogens (tertiary/aromatic N) is 4. The van der Waals surface area contributed by atoms with Crippen molar-refractivity contribution in [3.05, 3.63) is 47.3 Å². The van der Waals surface area contributed by atoms with Crippen LogP contribution < -0.4 is 15.8 Å². The largest absolute Gasteiger partial charge is 0.349 e. The number of piperidine rings is 1. The molecule has 8 heteroatoms. The van der Waals surface area contributed by atoms with Crippen LogP contribution in [0.4, 0.5) is 11.4 Å². The van der Waals surface area contributed by atoms with Gasteiger partial charge in [0.25, 0.3) is 5.91 Å². The van der Waals surface area contributed by atoms with Crippen molar-refractivity contribution in [3.8, 4) is 0 Å². The van der Waals surface area contributed by atoms with Gasteiger partial charge in [0.2, 0.25) is 5.91 Å². The van der Waals surface area contributed by atoms with Crippen molar-refractivity contribution >= 4 is 23.2 Å². The van der Waals surface area contributed by atoms with Gasteiger partial charge in [-0.2, -0.15) is 10.2 Å². The van der Waals surface area contributed by atoms with Crippen LogP contribution in [0.5, 0.6) is 0 Å². The predicted octanol–water partition coefficient (Wildman–Crippen LogP) is 4.51. The van der Waals surface area contributed by atoms with Crippen LogP contribution >= 0.6 is 0 Å². The fourth-order valence-electron chi connectivity index (χ4n) is 5.67. The molecule has 0 bridgehead atoms. The second kappa shape index (κ2) is 10.2. The number of hydrazine groups is 1. The van der Waals surface area contributed by atoms with Crippen LogP contribution in [0.2, 0.25) is 0 Å². The highest BCUT2D eigenvalue weighted by Gasteiger charge is 2.43. The molecule has 1 fully saturated rings. The number of anilines is 2. The molecule has 0 saturated carbocycles. The summed E-state index contributed by atoms with van der Waals surface area (Å²) in [6.45, 7) is 10.7. The molecule has 2 heterocycles. The number of benzene rings is 1. The Balaban J connectivity index is 1.49. The maximum atomic E-state index is 13.1. The van der Waals surface area contributed by atoms with Gasteiger partial charge in [-0.1, -0.05) is 6.92 Å². The third-order valence-corrected chi connectivity index (χ3v) is 7.94. The van der Waals surface area contributed by atoms with E-state index in [0.717, 1.165) is 55.5 Å². The van der Waals surface area contributed by atoms with Crippen LogP contribution in [0.3, 0.4) is 0 Å². The monoisotopic (exact) mass is 492 g/mol. The van der Waals surface area contributed by atoms with Gasteiger partial charge in [-0.15, -0.1) is 0 Å². The number of likely N-dealkylation sites (tertiary alicyclic amines) is 1. The van der Waals surface area contributed by atoms with Gasteiger partial charge in [0.15, 0.2) is 0 Å². The maximum absolute atomic E-state index is 13.1. The second-order valence-corrected chi connectivity index (χ2v) is 11.4. The maximum Gasteiger partial charge on any atom is 0.251 e. The Morgan fingerprint density at radius 3 is 2.33 bits per heavy atom. The molecule has 194 valence electrons. The molecule has 8 nitrogen and oxygen atoms in total. The molecule has 0 unspecified atom stereocenters. The average Bonchev–Trinajstić information content (AvgIpc) is 2.85. The minimum atomic E-state index is -0.0866. The SMILES string of the molecule is CCC(=O)N(Nc1cnnc2c1CCCC2)c1ccc(C(=O)NC2CC(C)(C)N(C)C(C)(C)C2)cc1. The lowest BCUT2D eigenvalue weighted by atomic mass is 9.77. The number of amides is 2. The minimum Gasteiger partial charge on any atom is -0.349 e. The Bertz CT molecular complexity index is 1090. The molecule has 1 saturated heterocycles. The predicted molar refractivity (Wildman–Crippen MR) is 143 cm³/mol. The molecule has 1 aromatic carbocycles. The van der Waals surface area contributed by atoms with E-state index in [1.165, 1.54) is 0 Å². The molecule has 1 aromatic heterocycles. The van der Waals surface area contributed by atoms with Gasteiger partial charge in [-0.3, -0.25) is 19.9 Å². The number of aryl methyl sites for hydroxylation is 1. The van der Waals surface area contributed by atoms with E-state index >= 15 is 0 Å². The van der Waals surface area contributed by atoms with E-state index < -0.39 is 0 Å². The van der Waals surface area contributed by atoms with E-state index in [1.807, 2.05) is 19.1 Å². The van der Waals surface area contributed by atoms with Gasteiger partial charge in [-0.05, 0) is 97.5 Å². The Hall–Kier alpha value is -3.00. The molecule has 1 aliphatic carbocycles. The van der Waals surface area contributed by atoms with Crippen LogP contribution in [0.25, 0.3) is 0 Å². The number of hydrogen-bond acceptors (Lipinski definition) is 6. The summed E-state index contributed by atoms with van der Waals surface area (Å²) in [5, 5.41) is 13.2. The van der Waals surface area contributed by atoms with Crippen LogP contribution in [0, 0.1) is 0 Å². The number of fused-ring (bicyclic) bond motifs is 1. The summed E-state index contributed by atoms with van der Waals surface area (Å²) in [5.41, 5.74) is 7.49. The number of carbonyl (C=O) groups excluding carboxylic acids is 2. The van der Waals surface area contributed by atoms with Crippen LogP contribution in [0.15, 0.2) is 30.5 Å². The van der Waals surface area contributed by atoms with E-state index in [0.29, 0.717) is 17.7 Å². The minimum absolute atomic E-state index is 0.00273. The summed E-state index contributed by atoms with van der Waals surface area (Å²) >= 11 is 0. The summed E-state index contributed by atoms with van der Waals surface area (Å²) in [5.74, 6) is -0.152. The van der Waals surface area contributed by atoms with Crippen molar-refractivity contribution in [2.75, 3.05) is 17.5 Å². The van der Waals surface area contributed by atoms with Crippen molar-refractivity contribution in [2.45, 2.75) is 96.7 Å². The zero-order chi connectivity index (χ0) is 26.1. The molecular formula is C28H40N6O2. The highest BCUT2D eigenvalue weighted by molar-refractivity contribution is 5.97. The summed E-state index contributed by atoms with van der Waals surface area (Å²) < 4.78 is 0. The van der Waals surface area contributed by atoms with Gasteiger partial charge in [0, 0.05) is 34.7 Å². The number of rotatable bonds is 6. The molecule has 1 aliphatic heterocycles. The lowest BCUT2D eigenvalue weighted by Crippen LogP contribution is -2.62. The third-order valence-electron chi connectivity index (χ3n) is 7.94. The first-order valence-electron chi connectivity index (χ1n) is 13.1. The van der Waals surface area contributed by atoms with Crippen molar-refractivity contribution in [1.82, 2.24) is 20.4 Å². The Morgan fingerprint density at radius 1 is 1.06 bits per heavy atom. The Kier molecular flexibility index (Phi) is 7.36. The molecule has 2 aliphatic rings. The summed E-state index contributed by atoms with van der Waals surface area (Å²) in [6.07, 6.45) is 7.86. The van der Waals surface area contributed by atoms with Crippen LogP contribution in [-0.2, 0) is 17.6 Å². The molecule has 2 N–H and O–H groups in total. The van der Waals surface area contributed by atoms with Crippen molar-refractivity contribution in [3.63, 3.8) is 0 Å². The van der Waals surface area contributed by atoms with E-state index in [9.17, 15) is 9.59 Å². The van der Waals surface area contributed by atoms with Gasteiger partial charge < -0.3 is 5.32 Å². The number of hydrogen-bond donors (Lipinski definition) is 2. The Morgan fingerprint density at radius 2 is 1.69 bits per heavy atom. The third kappa shape index (κ3) is 5.38. The average molecular weight is 493 g/mol. The van der Waals surface area contributed by atoms with Gasteiger partial charge in [0.05, 0.1) is 23.3 Å². The topological polar surface area (TPSA) is 90.5 Å². The summed E-state index contributed by atoms with van der Waals surface area (Å²) in [7, 11) is 2.16. The lowest BCUT2D eigenvalue weighted by Gasteiger charge is -2.53. The zero-order valence-electron chi connectivity index (χ0n) is 22.5. The van der Waals surface area contributed by atoms with E-state index in [-0.39, 0.29) is 28.9 Å². The van der Waals surface area contributed by atoms with Gasteiger partial charge in [0.1, 0.15) is 0 Å². The van der Waals surface area contributed by atoms with Crippen molar-refractivity contribution < 1.29 is 9.59 Å². The Labute approximate surface area is 214 Å². The molecule has 0 radical (unpaired) electrons. The highest BCUT2D eigenvalue weighted by Crippen LogP contribution is 2.37. The van der Waals surface area contributed by atoms with Crippen molar-refractivity contribution in [1.29, 1.82) is 0 Å². The molecular weight excluding hydrogens is 452 g/mol. The molecule has 0 atom stereocenters.